The van der Waals surface area contributed by atoms with E-state index in [9.17, 15) is 14.4 Å². The number of hydrogen-bond donors (Lipinski definition) is 1. The topological polar surface area (TPSA) is 94.8 Å². The molecule has 0 aliphatic rings. The molecule has 0 saturated carbocycles. The van der Waals surface area contributed by atoms with Crippen molar-refractivity contribution in [3.8, 4) is 5.75 Å². The molecule has 0 unspecified atom stereocenters. The van der Waals surface area contributed by atoms with Gasteiger partial charge in [0.1, 0.15) is 29.4 Å². The molecule has 2 aromatic carbocycles. The molecule has 0 aliphatic heterocycles. The highest BCUT2D eigenvalue weighted by molar-refractivity contribution is 9.10. The minimum atomic E-state index is -0.840. The summed E-state index contributed by atoms with van der Waals surface area (Å²) in [6, 6.07) is 12.8. The lowest BCUT2D eigenvalue weighted by Gasteiger charge is -2.18. The van der Waals surface area contributed by atoms with Crippen molar-refractivity contribution in [3.63, 3.8) is 0 Å². The van der Waals surface area contributed by atoms with E-state index in [0.29, 0.717) is 12.2 Å². The molecule has 7 nitrogen and oxygen atoms in total. The van der Waals surface area contributed by atoms with Crippen molar-refractivity contribution < 1.29 is 23.5 Å². The third-order valence-electron chi connectivity index (χ3n) is 4.78. The molecule has 0 spiro atoms. The number of carbonyl (C=O) groups is 2. The number of rotatable bonds is 8. The van der Waals surface area contributed by atoms with Gasteiger partial charge in [0.2, 0.25) is 0 Å². The maximum Gasteiger partial charge on any atom is 0.328 e. The molecule has 1 heterocycles. The molecule has 0 fully saturated rings. The maximum atomic E-state index is 12.8. The summed E-state index contributed by atoms with van der Waals surface area (Å²) in [6.45, 7) is 4.10. The molecule has 0 aliphatic carbocycles. The van der Waals surface area contributed by atoms with E-state index < -0.39 is 23.3 Å². The van der Waals surface area contributed by atoms with Crippen LogP contribution in [0.4, 0.5) is 0 Å². The molecule has 1 amide bonds. The number of hydrogen-bond acceptors (Lipinski definition) is 6. The summed E-state index contributed by atoms with van der Waals surface area (Å²) in [5.74, 6) is -0.917. The van der Waals surface area contributed by atoms with Gasteiger partial charge < -0.3 is 19.2 Å². The second-order valence-electron chi connectivity index (χ2n) is 7.66. The van der Waals surface area contributed by atoms with Gasteiger partial charge in [0, 0.05) is 16.1 Å². The van der Waals surface area contributed by atoms with Crippen LogP contribution in [0.2, 0.25) is 0 Å². The fourth-order valence-electron chi connectivity index (χ4n) is 3.24. The molecule has 0 radical (unpaired) electrons. The minimum Gasteiger partial charge on any atom is -0.488 e. The predicted octanol–water partition coefficient (Wildman–Crippen LogP) is 4.45. The largest absolute Gasteiger partial charge is 0.488 e. The summed E-state index contributed by atoms with van der Waals surface area (Å²) in [5, 5.41) is 2.83. The first-order chi connectivity index (χ1) is 15.3. The van der Waals surface area contributed by atoms with Crippen LogP contribution in [0.3, 0.4) is 0 Å². The zero-order chi connectivity index (χ0) is 23.3. The summed E-state index contributed by atoms with van der Waals surface area (Å²) in [6.07, 6.45) is 0.392. The Hall–Kier alpha value is -3.13. The highest BCUT2D eigenvalue weighted by Crippen LogP contribution is 2.25. The van der Waals surface area contributed by atoms with Crippen LogP contribution in [0, 0.1) is 5.92 Å². The Kier molecular flexibility index (Phi) is 7.69. The molecule has 1 atom stereocenters. The van der Waals surface area contributed by atoms with E-state index in [2.05, 4.69) is 21.2 Å². The molecule has 8 heteroatoms. The number of nitrogens with one attached hydrogen (secondary N) is 1. The Morgan fingerprint density at radius 3 is 2.56 bits per heavy atom. The zero-order valence-corrected chi connectivity index (χ0v) is 19.6. The van der Waals surface area contributed by atoms with Crippen LogP contribution in [0.1, 0.15) is 36.4 Å². The number of methoxy groups -OCH3 is 1. The van der Waals surface area contributed by atoms with Crippen molar-refractivity contribution in [1.82, 2.24) is 5.32 Å². The van der Waals surface area contributed by atoms with Gasteiger partial charge in [0.15, 0.2) is 11.2 Å². The Bertz CT molecular complexity index is 1190. The van der Waals surface area contributed by atoms with Crippen molar-refractivity contribution in [3.05, 3.63) is 74.6 Å². The number of ether oxygens (including phenoxy) is 2. The van der Waals surface area contributed by atoms with E-state index in [0.717, 1.165) is 16.1 Å². The number of fused-ring (bicyclic) bond motifs is 1. The molecular formula is C24H24BrNO6. The third-order valence-corrected chi connectivity index (χ3v) is 5.55. The second-order valence-corrected chi connectivity index (χ2v) is 8.52. The lowest BCUT2D eigenvalue weighted by Crippen LogP contribution is -2.42. The van der Waals surface area contributed by atoms with Gasteiger partial charge in [0.05, 0.1) is 7.11 Å². The van der Waals surface area contributed by atoms with Gasteiger partial charge in [-0.1, -0.05) is 54.0 Å². The van der Waals surface area contributed by atoms with Gasteiger partial charge in [-0.15, -0.1) is 0 Å². The summed E-state index contributed by atoms with van der Waals surface area (Å²) in [4.78, 5) is 37.5. The van der Waals surface area contributed by atoms with Crippen LogP contribution in [-0.2, 0) is 16.1 Å². The van der Waals surface area contributed by atoms with Gasteiger partial charge >= 0.3 is 5.97 Å². The van der Waals surface area contributed by atoms with Crippen LogP contribution in [0.5, 0.6) is 5.75 Å². The van der Waals surface area contributed by atoms with Crippen molar-refractivity contribution >= 4 is 38.8 Å². The van der Waals surface area contributed by atoms with Crippen LogP contribution in [0.15, 0.2) is 62.2 Å². The van der Waals surface area contributed by atoms with Crippen LogP contribution in [-0.4, -0.2) is 25.0 Å². The Balaban J connectivity index is 1.87. The van der Waals surface area contributed by atoms with Crippen molar-refractivity contribution in [2.75, 3.05) is 7.11 Å². The minimum absolute atomic E-state index is 0.146. The number of esters is 1. The number of amides is 1. The smallest absolute Gasteiger partial charge is 0.328 e. The van der Waals surface area contributed by atoms with Crippen LogP contribution >= 0.6 is 15.9 Å². The van der Waals surface area contributed by atoms with E-state index >= 15 is 0 Å². The number of benzene rings is 2. The molecule has 32 heavy (non-hydrogen) atoms. The molecule has 1 aromatic heterocycles. The molecule has 0 bridgehead atoms. The molecule has 3 rings (SSSR count). The van der Waals surface area contributed by atoms with E-state index in [1.54, 1.807) is 18.2 Å². The lowest BCUT2D eigenvalue weighted by atomic mass is 10.0. The first-order valence-electron chi connectivity index (χ1n) is 10.1. The average molecular weight is 502 g/mol. The Morgan fingerprint density at radius 2 is 1.88 bits per heavy atom. The van der Waals surface area contributed by atoms with Gasteiger partial charge in [-0.05, 0) is 30.5 Å². The number of carbonyl (C=O) groups excluding carboxylic acids is 2. The molecule has 0 saturated heterocycles. The van der Waals surface area contributed by atoms with Crippen molar-refractivity contribution in [2.24, 2.45) is 5.92 Å². The summed E-state index contributed by atoms with van der Waals surface area (Å²) < 4.78 is 17.2. The summed E-state index contributed by atoms with van der Waals surface area (Å²) in [7, 11) is 1.26. The first kappa shape index (κ1) is 23.5. The lowest BCUT2D eigenvalue weighted by molar-refractivity contribution is -0.143. The van der Waals surface area contributed by atoms with Gasteiger partial charge in [-0.3, -0.25) is 9.59 Å². The first-order valence-corrected chi connectivity index (χ1v) is 10.9. The monoisotopic (exact) mass is 501 g/mol. The predicted molar refractivity (Wildman–Crippen MR) is 124 cm³/mol. The zero-order valence-electron chi connectivity index (χ0n) is 18.0. The van der Waals surface area contributed by atoms with Crippen LogP contribution < -0.4 is 15.5 Å². The van der Waals surface area contributed by atoms with Crippen LogP contribution in [0.25, 0.3) is 11.0 Å². The normalized spacial score (nSPS) is 11.9. The Labute approximate surface area is 193 Å². The van der Waals surface area contributed by atoms with Gasteiger partial charge in [0.25, 0.3) is 5.91 Å². The molecule has 3 aromatic rings. The molecule has 1 N–H and O–H groups in total. The molecule has 168 valence electrons. The number of halogens is 1. The summed E-state index contributed by atoms with van der Waals surface area (Å²) >= 11 is 3.47. The fourth-order valence-corrected chi connectivity index (χ4v) is 3.64. The van der Waals surface area contributed by atoms with Gasteiger partial charge in [-0.25, -0.2) is 4.79 Å². The quantitative estimate of drug-likeness (QED) is 0.458. The SMILES string of the molecule is COC(=O)[C@H](CC(C)C)NC(=O)c1cc(=O)c2c(OCc3ccccc3Br)cccc2o1. The fraction of sp³-hybridized carbons (Fsp3) is 0.292. The Morgan fingerprint density at radius 1 is 1.12 bits per heavy atom. The molecular weight excluding hydrogens is 478 g/mol. The standard InChI is InChI=1S/C24H24BrNO6/c1-14(2)11-17(24(29)30-3)26-23(28)21-12-18(27)22-19(9-6-10-20(22)32-21)31-13-15-7-4-5-8-16(15)25/h4-10,12,14,17H,11,13H2,1-3H3,(H,26,28)/t17-/m0/s1. The highest BCUT2D eigenvalue weighted by Gasteiger charge is 2.25. The third kappa shape index (κ3) is 5.56. The van der Waals surface area contributed by atoms with E-state index in [-0.39, 0.29) is 29.3 Å². The maximum absolute atomic E-state index is 12.8. The van der Waals surface area contributed by atoms with E-state index in [1.807, 2.05) is 38.1 Å². The van der Waals surface area contributed by atoms with Gasteiger partial charge in [-0.2, -0.15) is 0 Å². The van der Waals surface area contributed by atoms with E-state index in [1.165, 1.54) is 7.11 Å². The summed E-state index contributed by atoms with van der Waals surface area (Å²) in [5.41, 5.74) is 0.715. The van der Waals surface area contributed by atoms with Crippen molar-refractivity contribution in [1.29, 1.82) is 0 Å². The highest BCUT2D eigenvalue weighted by atomic mass is 79.9. The second kappa shape index (κ2) is 10.5. The average Bonchev–Trinajstić information content (AvgIpc) is 2.76. The van der Waals surface area contributed by atoms with Crippen molar-refractivity contribution in [2.45, 2.75) is 32.9 Å². The van der Waals surface area contributed by atoms with E-state index in [4.69, 9.17) is 13.9 Å².